The molecular weight excluding hydrogens is 312 g/mol. The van der Waals surface area contributed by atoms with Gasteiger partial charge >= 0.3 is 0 Å². The smallest absolute Gasteiger partial charge is 0.279 e. The molecule has 1 aromatic carbocycles. The zero-order chi connectivity index (χ0) is 16.7. The SMILES string of the molecule is CC1CCN(S(=O)(=O)NCCCO[C@H](C)c2ccccc2)CC1. The lowest BCUT2D eigenvalue weighted by Gasteiger charge is -2.29. The van der Waals surface area contributed by atoms with Crippen molar-refractivity contribution in [3.05, 3.63) is 35.9 Å². The quantitative estimate of drug-likeness (QED) is 0.740. The van der Waals surface area contributed by atoms with Crippen LogP contribution in [-0.2, 0) is 14.9 Å². The first-order valence-corrected chi connectivity index (χ1v) is 9.84. The van der Waals surface area contributed by atoms with E-state index in [1.54, 1.807) is 4.31 Å². The van der Waals surface area contributed by atoms with Gasteiger partial charge in [-0.1, -0.05) is 37.3 Å². The van der Waals surface area contributed by atoms with Crippen molar-refractivity contribution < 1.29 is 13.2 Å². The molecule has 1 aromatic rings. The summed E-state index contributed by atoms with van der Waals surface area (Å²) in [5, 5.41) is 0. The summed E-state index contributed by atoms with van der Waals surface area (Å²) in [5.74, 6) is 0.620. The van der Waals surface area contributed by atoms with Crippen LogP contribution < -0.4 is 4.72 Å². The van der Waals surface area contributed by atoms with E-state index in [2.05, 4.69) is 11.6 Å². The fourth-order valence-electron chi connectivity index (χ4n) is 2.67. The number of ether oxygens (including phenoxy) is 1. The summed E-state index contributed by atoms with van der Waals surface area (Å²) in [6.07, 6.45) is 2.58. The summed E-state index contributed by atoms with van der Waals surface area (Å²) in [6, 6.07) is 10.0. The van der Waals surface area contributed by atoms with Gasteiger partial charge in [-0.2, -0.15) is 12.7 Å². The van der Waals surface area contributed by atoms with E-state index in [-0.39, 0.29) is 6.10 Å². The highest BCUT2D eigenvalue weighted by Crippen LogP contribution is 2.18. The van der Waals surface area contributed by atoms with E-state index >= 15 is 0 Å². The molecule has 0 saturated carbocycles. The molecule has 1 heterocycles. The Labute approximate surface area is 140 Å². The highest BCUT2D eigenvalue weighted by molar-refractivity contribution is 7.87. The molecule has 0 bridgehead atoms. The Hall–Kier alpha value is -0.950. The summed E-state index contributed by atoms with van der Waals surface area (Å²) in [4.78, 5) is 0. The van der Waals surface area contributed by atoms with Gasteiger partial charge in [-0.25, -0.2) is 4.72 Å². The molecule has 1 aliphatic heterocycles. The van der Waals surface area contributed by atoms with Gasteiger partial charge in [0.2, 0.25) is 0 Å². The van der Waals surface area contributed by atoms with Crippen LogP contribution >= 0.6 is 0 Å². The Kier molecular flexibility index (Phi) is 7.02. The minimum atomic E-state index is -3.33. The zero-order valence-electron chi connectivity index (χ0n) is 14.1. The van der Waals surface area contributed by atoms with Crippen molar-refractivity contribution in [3.8, 4) is 0 Å². The van der Waals surface area contributed by atoms with E-state index < -0.39 is 10.2 Å². The van der Waals surface area contributed by atoms with Crippen LogP contribution in [0.2, 0.25) is 0 Å². The molecule has 0 spiro atoms. The second-order valence-electron chi connectivity index (χ2n) is 6.26. The van der Waals surface area contributed by atoms with Gasteiger partial charge in [0, 0.05) is 26.2 Å². The van der Waals surface area contributed by atoms with Crippen molar-refractivity contribution in [2.45, 2.75) is 39.2 Å². The van der Waals surface area contributed by atoms with Crippen LogP contribution in [0.25, 0.3) is 0 Å². The lowest BCUT2D eigenvalue weighted by Crippen LogP contribution is -2.45. The minimum absolute atomic E-state index is 0.0244. The van der Waals surface area contributed by atoms with E-state index in [4.69, 9.17) is 4.74 Å². The minimum Gasteiger partial charge on any atom is -0.374 e. The van der Waals surface area contributed by atoms with Crippen LogP contribution in [0.15, 0.2) is 30.3 Å². The van der Waals surface area contributed by atoms with Crippen LogP contribution in [0.3, 0.4) is 0 Å². The highest BCUT2D eigenvalue weighted by atomic mass is 32.2. The molecule has 5 nitrogen and oxygen atoms in total. The molecule has 1 aliphatic rings. The second-order valence-corrected chi connectivity index (χ2v) is 8.01. The van der Waals surface area contributed by atoms with E-state index in [1.165, 1.54) is 0 Å². The molecule has 0 aliphatic carbocycles. The summed E-state index contributed by atoms with van der Waals surface area (Å²) in [7, 11) is -3.33. The van der Waals surface area contributed by atoms with Crippen molar-refractivity contribution in [2.75, 3.05) is 26.2 Å². The lowest BCUT2D eigenvalue weighted by molar-refractivity contribution is 0.0647. The monoisotopic (exact) mass is 340 g/mol. The van der Waals surface area contributed by atoms with Crippen LogP contribution in [0.4, 0.5) is 0 Å². The lowest BCUT2D eigenvalue weighted by atomic mass is 10.0. The van der Waals surface area contributed by atoms with Gasteiger partial charge in [-0.15, -0.1) is 0 Å². The van der Waals surface area contributed by atoms with Gasteiger partial charge in [0.05, 0.1) is 6.10 Å². The molecule has 0 amide bonds. The van der Waals surface area contributed by atoms with Crippen LogP contribution in [-0.4, -0.2) is 39.0 Å². The normalized spacial score (nSPS) is 18.9. The third kappa shape index (κ3) is 5.88. The molecular formula is C17H28N2O3S. The largest absolute Gasteiger partial charge is 0.374 e. The molecule has 6 heteroatoms. The third-order valence-electron chi connectivity index (χ3n) is 4.32. The molecule has 130 valence electrons. The fraction of sp³-hybridized carbons (Fsp3) is 0.647. The van der Waals surface area contributed by atoms with Gasteiger partial charge in [0.15, 0.2) is 0 Å². The van der Waals surface area contributed by atoms with Gasteiger partial charge in [0.25, 0.3) is 10.2 Å². The van der Waals surface area contributed by atoms with Crippen molar-refractivity contribution in [1.29, 1.82) is 0 Å². The first-order chi connectivity index (χ1) is 11.0. The maximum absolute atomic E-state index is 12.2. The van der Waals surface area contributed by atoms with Gasteiger partial charge in [-0.05, 0) is 37.7 Å². The number of hydrogen-bond acceptors (Lipinski definition) is 3. The Morgan fingerprint density at radius 2 is 1.91 bits per heavy atom. The van der Waals surface area contributed by atoms with Crippen molar-refractivity contribution in [3.63, 3.8) is 0 Å². The standard InChI is InChI=1S/C17H28N2O3S/c1-15-9-12-19(13-10-15)23(20,21)18-11-6-14-22-16(2)17-7-4-3-5-8-17/h3-5,7-8,15-16,18H,6,9-14H2,1-2H3/t16-/m1/s1. The average Bonchev–Trinajstić information content (AvgIpc) is 2.55. The number of benzene rings is 1. The molecule has 1 N–H and O–H groups in total. The molecule has 2 rings (SSSR count). The Balaban J connectivity index is 1.65. The third-order valence-corrected chi connectivity index (χ3v) is 5.94. The number of hydrogen-bond donors (Lipinski definition) is 1. The summed E-state index contributed by atoms with van der Waals surface area (Å²) in [5.41, 5.74) is 1.13. The first kappa shape index (κ1) is 18.4. The Morgan fingerprint density at radius 3 is 2.57 bits per heavy atom. The zero-order valence-corrected chi connectivity index (χ0v) is 14.9. The maximum atomic E-state index is 12.2. The van der Waals surface area contributed by atoms with E-state index in [9.17, 15) is 8.42 Å². The second kappa shape index (κ2) is 8.78. The average molecular weight is 340 g/mol. The number of nitrogens with zero attached hydrogens (tertiary/aromatic N) is 1. The molecule has 0 aromatic heterocycles. The summed E-state index contributed by atoms with van der Waals surface area (Å²) >= 11 is 0. The van der Waals surface area contributed by atoms with Gasteiger partial charge < -0.3 is 4.74 Å². The number of nitrogens with one attached hydrogen (secondary N) is 1. The number of rotatable bonds is 8. The fourth-order valence-corrected chi connectivity index (χ4v) is 3.95. The van der Waals surface area contributed by atoms with Crippen molar-refractivity contribution >= 4 is 10.2 Å². The maximum Gasteiger partial charge on any atom is 0.279 e. The molecule has 1 fully saturated rings. The Bertz CT molecular complexity index is 554. The van der Waals surface area contributed by atoms with Crippen LogP contribution in [0, 0.1) is 5.92 Å². The van der Waals surface area contributed by atoms with Crippen LogP contribution in [0.5, 0.6) is 0 Å². The van der Waals surface area contributed by atoms with Crippen molar-refractivity contribution in [2.24, 2.45) is 5.92 Å². The highest BCUT2D eigenvalue weighted by Gasteiger charge is 2.25. The summed E-state index contributed by atoms with van der Waals surface area (Å²) < 4.78 is 34.4. The van der Waals surface area contributed by atoms with Gasteiger partial charge in [-0.3, -0.25) is 0 Å². The predicted molar refractivity (Wildman–Crippen MR) is 92.3 cm³/mol. The van der Waals surface area contributed by atoms with Gasteiger partial charge in [0.1, 0.15) is 0 Å². The Morgan fingerprint density at radius 1 is 1.26 bits per heavy atom. The van der Waals surface area contributed by atoms with E-state index in [0.29, 0.717) is 38.6 Å². The molecule has 1 atom stereocenters. The van der Waals surface area contributed by atoms with Crippen LogP contribution in [0.1, 0.15) is 44.8 Å². The molecule has 23 heavy (non-hydrogen) atoms. The van der Waals surface area contributed by atoms with Crippen molar-refractivity contribution in [1.82, 2.24) is 9.03 Å². The topological polar surface area (TPSA) is 58.6 Å². The molecule has 1 saturated heterocycles. The molecule has 0 unspecified atom stereocenters. The van der Waals surface area contributed by atoms with E-state index in [0.717, 1.165) is 18.4 Å². The first-order valence-electron chi connectivity index (χ1n) is 8.40. The molecule has 0 radical (unpaired) electrons. The van der Waals surface area contributed by atoms with E-state index in [1.807, 2.05) is 37.3 Å². The summed E-state index contributed by atoms with van der Waals surface area (Å²) in [6.45, 7) is 6.37. The number of piperidine rings is 1. The predicted octanol–water partition coefficient (Wildman–Crippen LogP) is 2.72.